The Balaban J connectivity index is 1.31. The molecule has 0 aliphatic heterocycles. The van der Waals surface area contributed by atoms with Crippen LogP contribution in [0.15, 0.2) is 93.6 Å². The molecule has 3 aromatic carbocycles. The minimum absolute atomic E-state index is 0.100. The van der Waals surface area contributed by atoms with Crippen LogP contribution in [0.1, 0.15) is 0 Å². The number of hydrogen-bond donors (Lipinski definition) is 1. The van der Waals surface area contributed by atoms with Crippen LogP contribution in [0.25, 0.3) is 0 Å². The Hall–Kier alpha value is -3.36. The molecule has 30 heavy (non-hydrogen) atoms. The molecular weight excluding hydrogens is 418 g/mol. The number of carbonyl (C=O) groups excluding carboxylic acids is 1. The van der Waals surface area contributed by atoms with Crippen molar-refractivity contribution in [2.45, 2.75) is 9.24 Å². The number of carbonyl (C=O) groups is 1. The highest BCUT2D eigenvalue weighted by Gasteiger charge is 2.10. The van der Waals surface area contributed by atoms with Crippen LogP contribution in [0.3, 0.4) is 0 Å². The first kappa shape index (κ1) is 19.9. The van der Waals surface area contributed by atoms with Crippen LogP contribution in [-0.2, 0) is 4.79 Å². The van der Waals surface area contributed by atoms with E-state index >= 15 is 0 Å². The molecule has 0 radical (unpaired) electrons. The Morgan fingerprint density at radius 2 is 1.60 bits per heavy atom. The van der Waals surface area contributed by atoms with E-state index in [1.54, 1.807) is 29.8 Å². The van der Waals surface area contributed by atoms with Gasteiger partial charge < -0.3 is 14.8 Å². The molecule has 4 aromatic rings. The number of nitrogens with one attached hydrogen (secondary N) is 1. The zero-order chi connectivity index (χ0) is 20.6. The molecule has 4 rings (SSSR count). The number of rotatable bonds is 8. The lowest BCUT2D eigenvalue weighted by Gasteiger charge is -2.11. The highest BCUT2D eigenvalue weighted by molar-refractivity contribution is 8.01. The number of anilines is 1. The summed E-state index contributed by atoms with van der Waals surface area (Å²) in [6.45, 7) is -0.100. The van der Waals surface area contributed by atoms with Gasteiger partial charge in [-0.3, -0.25) is 4.79 Å². The second kappa shape index (κ2) is 9.91. The number of benzene rings is 3. The summed E-state index contributed by atoms with van der Waals surface area (Å²) in [5.74, 6) is 1.79. The van der Waals surface area contributed by atoms with E-state index in [4.69, 9.17) is 9.47 Å². The molecular formula is C22H17N3O3S2. The fourth-order valence-corrected chi connectivity index (χ4v) is 4.05. The van der Waals surface area contributed by atoms with Gasteiger partial charge in [-0.15, -0.1) is 10.2 Å². The predicted octanol–water partition coefficient (Wildman–Crippen LogP) is 5.50. The lowest BCUT2D eigenvalue weighted by Crippen LogP contribution is -2.20. The fraction of sp³-hybridized carbons (Fsp3) is 0.0455. The van der Waals surface area contributed by atoms with E-state index in [0.717, 1.165) is 15.0 Å². The summed E-state index contributed by atoms with van der Waals surface area (Å²) in [5.41, 5.74) is 2.38. The van der Waals surface area contributed by atoms with Gasteiger partial charge in [0.2, 0.25) is 0 Å². The predicted molar refractivity (Wildman–Crippen MR) is 118 cm³/mol. The van der Waals surface area contributed by atoms with Crippen molar-refractivity contribution in [2.75, 3.05) is 11.9 Å². The zero-order valence-electron chi connectivity index (χ0n) is 15.7. The molecule has 0 fully saturated rings. The molecule has 0 atom stereocenters. The van der Waals surface area contributed by atoms with Gasteiger partial charge >= 0.3 is 0 Å². The number of para-hydroxylation sites is 2. The summed E-state index contributed by atoms with van der Waals surface area (Å²) in [5, 5.41) is 10.7. The number of ether oxygens (including phenoxy) is 2. The maximum absolute atomic E-state index is 12.4. The Labute approximate surface area is 181 Å². The van der Waals surface area contributed by atoms with Crippen molar-refractivity contribution in [1.29, 1.82) is 0 Å². The third kappa shape index (κ3) is 5.59. The second-order valence-electron chi connectivity index (χ2n) is 6.03. The van der Waals surface area contributed by atoms with Gasteiger partial charge in [0.1, 0.15) is 22.8 Å². The number of hydrogen-bond acceptors (Lipinski definition) is 7. The van der Waals surface area contributed by atoms with Crippen molar-refractivity contribution in [3.8, 4) is 17.2 Å². The summed E-state index contributed by atoms with van der Waals surface area (Å²) in [6, 6.07) is 24.2. The van der Waals surface area contributed by atoms with Gasteiger partial charge in [0.25, 0.3) is 5.91 Å². The number of aromatic nitrogens is 2. The van der Waals surface area contributed by atoms with Gasteiger partial charge in [-0.1, -0.05) is 53.4 Å². The molecule has 0 saturated carbocycles. The SMILES string of the molecule is O=C(COc1ccc(Oc2ccccc2)cc1)Nc1ccccc1Sc1nncs1. The van der Waals surface area contributed by atoms with Crippen LogP contribution < -0.4 is 14.8 Å². The molecule has 1 N–H and O–H groups in total. The lowest BCUT2D eigenvalue weighted by atomic mass is 10.3. The van der Waals surface area contributed by atoms with Gasteiger partial charge in [0.15, 0.2) is 10.9 Å². The fourth-order valence-electron chi connectivity index (χ4n) is 2.52. The summed E-state index contributed by atoms with van der Waals surface area (Å²) < 4.78 is 12.2. The first-order valence-electron chi connectivity index (χ1n) is 9.05. The van der Waals surface area contributed by atoms with Crippen LogP contribution in [0.2, 0.25) is 0 Å². The van der Waals surface area contributed by atoms with E-state index in [0.29, 0.717) is 17.2 Å². The van der Waals surface area contributed by atoms with E-state index < -0.39 is 0 Å². The van der Waals surface area contributed by atoms with Crippen molar-refractivity contribution < 1.29 is 14.3 Å². The first-order valence-corrected chi connectivity index (χ1v) is 10.7. The normalized spacial score (nSPS) is 10.4. The minimum Gasteiger partial charge on any atom is -0.484 e. The average molecular weight is 436 g/mol. The molecule has 1 aromatic heterocycles. The molecule has 0 unspecified atom stereocenters. The molecule has 0 bridgehead atoms. The number of amides is 1. The van der Waals surface area contributed by atoms with Crippen molar-refractivity contribution in [2.24, 2.45) is 0 Å². The molecule has 8 heteroatoms. The topological polar surface area (TPSA) is 73.3 Å². The van der Waals surface area contributed by atoms with Gasteiger partial charge in [-0.25, -0.2) is 0 Å². The van der Waals surface area contributed by atoms with Crippen molar-refractivity contribution in [1.82, 2.24) is 10.2 Å². The van der Waals surface area contributed by atoms with Gasteiger partial charge in [0.05, 0.1) is 5.69 Å². The molecule has 0 aliphatic carbocycles. The van der Waals surface area contributed by atoms with Gasteiger partial charge in [0, 0.05) is 4.90 Å². The third-order valence-electron chi connectivity index (χ3n) is 3.87. The number of nitrogens with zero attached hydrogens (tertiary/aromatic N) is 2. The molecule has 0 spiro atoms. The Morgan fingerprint density at radius 3 is 2.37 bits per heavy atom. The Bertz CT molecular complexity index is 1090. The van der Waals surface area contributed by atoms with Crippen molar-refractivity contribution in [3.63, 3.8) is 0 Å². The highest BCUT2D eigenvalue weighted by atomic mass is 32.2. The molecule has 0 saturated heterocycles. The van der Waals surface area contributed by atoms with Crippen LogP contribution in [-0.4, -0.2) is 22.7 Å². The summed E-state index contributed by atoms with van der Waals surface area (Å²) in [6.07, 6.45) is 0. The van der Waals surface area contributed by atoms with Crippen molar-refractivity contribution >= 4 is 34.7 Å². The maximum atomic E-state index is 12.4. The van der Waals surface area contributed by atoms with E-state index in [1.807, 2.05) is 54.6 Å². The largest absolute Gasteiger partial charge is 0.484 e. The zero-order valence-corrected chi connectivity index (χ0v) is 17.4. The average Bonchev–Trinajstić information content (AvgIpc) is 3.29. The monoisotopic (exact) mass is 435 g/mol. The van der Waals surface area contributed by atoms with Crippen molar-refractivity contribution in [3.05, 3.63) is 84.4 Å². The van der Waals surface area contributed by atoms with E-state index in [9.17, 15) is 4.79 Å². The minimum atomic E-state index is -0.245. The molecule has 6 nitrogen and oxygen atoms in total. The molecule has 0 aliphatic rings. The first-order chi connectivity index (χ1) is 14.8. The highest BCUT2D eigenvalue weighted by Crippen LogP contribution is 2.33. The van der Waals surface area contributed by atoms with Crippen LogP contribution in [0.5, 0.6) is 17.2 Å². The summed E-state index contributed by atoms with van der Waals surface area (Å²) in [7, 11) is 0. The van der Waals surface area contributed by atoms with Gasteiger partial charge in [-0.05, 0) is 48.5 Å². The lowest BCUT2D eigenvalue weighted by molar-refractivity contribution is -0.118. The second-order valence-corrected chi connectivity index (χ2v) is 8.15. The van der Waals surface area contributed by atoms with E-state index in [2.05, 4.69) is 15.5 Å². The Morgan fingerprint density at radius 1 is 0.900 bits per heavy atom. The maximum Gasteiger partial charge on any atom is 0.262 e. The molecule has 1 heterocycles. The van der Waals surface area contributed by atoms with Crippen LogP contribution in [0.4, 0.5) is 5.69 Å². The molecule has 1 amide bonds. The third-order valence-corrected chi connectivity index (χ3v) is 5.72. The molecule has 150 valence electrons. The quantitative estimate of drug-likeness (QED) is 0.394. The van der Waals surface area contributed by atoms with Gasteiger partial charge in [-0.2, -0.15) is 0 Å². The van der Waals surface area contributed by atoms with Crippen LogP contribution in [0, 0.1) is 0 Å². The summed E-state index contributed by atoms with van der Waals surface area (Å²) >= 11 is 2.90. The smallest absolute Gasteiger partial charge is 0.262 e. The van der Waals surface area contributed by atoms with E-state index in [1.165, 1.54) is 23.1 Å². The standard InChI is InChI=1S/C22H17N3O3S2/c26-21(24-19-8-4-5-9-20(19)30-22-25-23-15-29-22)14-27-16-10-12-18(13-11-16)28-17-6-2-1-3-7-17/h1-13,15H,14H2,(H,24,26). The van der Waals surface area contributed by atoms with E-state index in [-0.39, 0.29) is 12.5 Å². The summed E-state index contributed by atoms with van der Waals surface area (Å²) in [4.78, 5) is 13.2. The van der Waals surface area contributed by atoms with Crippen LogP contribution >= 0.6 is 23.1 Å². The Kier molecular flexibility index (Phi) is 6.58.